The highest BCUT2D eigenvalue weighted by molar-refractivity contribution is 6.08. The molecule has 1 fully saturated rings. The molecule has 3 aliphatic rings. The zero-order valence-electron chi connectivity index (χ0n) is 19.7. The van der Waals surface area contributed by atoms with Crippen LogP contribution in [0.25, 0.3) is 0 Å². The molecule has 0 unspecified atom stereocenters. The number of nitrogens with one attached hydrogen (secondary N) is 1. The molecule has 9 heteroatoms. The van der Waals surface area contributed by atoms with Crippen molar-refractivity contribution in [3.8, 4) is 5.88 Å². The number of rotatable bonds is 7. The average molecular weight is 485 g/mol. The maximum absolute atomic E-state index is 14.1. The van der Waals surface area contributed by atoms with Gasteiger partial charge in [0, 0.05) is 50.8 Å². The van der Waals surface area contributed by atoms with Crippen molar-refractivity contribution in [1.29, 1.82) is 0 Å². The number of amides is 1. The minimum absolute atomic E-state index is 0.0149. The molecule has 1 N–H and O–H groups in total. The Balaban J connectivity index is 1.07. The summed E-state index contributed by atoms with van der Waals surface area (Å²) in [6.45, 7) is 4.52. The van der Waals surface area contributed by atoms with Crippen molar-refractivity contribution >= 4 is 23.2 Å². The largest absolute Gasteiger partial charge is 0.478 e. The Labute approximate surface area is 203 Å². The summed E-state index contributed by atoms with van der Waals surface area (Å²) in [4.78, 5) is 32.8. The summed E-state index contributed by atoms with van der Waals surface area (Å²) >= 11 is 0. The van der Waals surface area contributed by atoms with E-state index in [2.05, 4.69) is 20.1 Å². The van der Waals surface area contributed by atoms with Crippen LogP contribution in [0.15, 0.2) is 30.3 Å². The molecular weight excluding hydrogens is 454 g/mol. The molecule has 3 heterocycles. The molecule has 1 aromatic heterocycles. The Morgan fingerprint density at radius 3 is 2.63 bits per heavy atom. The van der Waals surface area contributed by atoms with Crippen LogP contribution < -0.4 is 15.0 Å². The Hall–Kier alpha value is -3.07. The van der Waals surface area contributed by atoms with Crippen molar-refractivity contribution in [2.45, 2.75) is 44.4 Å². The minimum atomic E-state index is -3.27. The number of fused-ring (bicyclic) bond motifs is 2. The van der Waals surface area contributed by atoms with Gasteiger partial charge in [0.15, 0.2) is 0 Å². The van der Waals surface area contributed by atoms with Crippen LogP contribution in [0.5, 0.6) is 5.88 Å². The molecule has 0 atom stereocenters. The van der Waals surface area contributed by atoms with E-state index in [4.69, 9.17) is 4.74 Å². The molecule has 2 aliphatic heterocycles. The molecule has 2 aromatic rings. The lowest BCUT2D eigenvalue weighted by atomic mass is 9.86. The number of aromatic nitrogens is 1. The third kappa shape index (κ3) is 5.15. The van der Waals surface area contributed by atoms with E-state index in [-0.39, 0.29) is 17.9 Å². The highest BCUT2D eigenvalue weighted by Crippen LogP contribution is 2.38. The first-order valence-electron chi connectivity index (χ1n) is 12.3. The lowest BCUT2D eigenvalue weighted by molar-refractivity contribution is -0.116. The van der Waals surface area contributed by atoms with E-state index in [0.717, 1.165) is 43.6 Å². The summed E-state index contributed by atoms with van der Waals surface area (Å²) in [6, 6.07) is 9.25. The molecule has 0 spiro atoms. The van der Waals surface area contributed by atoms with Crippen LogP contribution in [0.1, 0.15) is 47.2 Å². The van der Waals surface area contributed by atoms with Crippen LogP contribution in [0.3, 0.4) is 0 Å². The number of anilines is 2. The van der Waals surface area contributed by atoms with Crippen LogP contribution in [0.4, 0.5) is 20.3 Å². The van der Waals surface area contributed by atoms with E-state index < -0.39 is 18.1 Å². The fraction of sp³-hybridized carbons (Fsp3) is 0.500. The first-order chi connectivity index (χ1) is 16.9. The van der Waals surface area contributed by atoms with Crippen molar-refractivity contribution in [2.75, 3.05) is 49.5 Å². The summed E-state index contributed by atoms with van der Waals surface area (Å²) in [5.74, 6) is -3.20. The van der Waals surface area contributed by atoms with Gasteiger partial charge in [-0.2, -0.15) is 13.8 Å². The van der Waals surface area contributed by atoms with E-state index in [1.165, 1.54) is 0 Å². The summed E-state index contributed by atoms with van der Waals surface area (Å²) in [7, 11) is 0. The minimum Gasteiger partial charge on any atom is -0.478 e. The summed E-state index contributed by atoms with van der Waals surface area (Å²) in [5.41, 5.74) is 2.63. The van der Waals surface area contributed by atoms with E-state index in [0.29, 0.717) is 49.9 Å². The number of carbonyl (C=O) groups excluding carboxylic acids is 2. The predicted molar refractivity (Wildman–Crippen MR) is 129 cm³/mol. The molecule has 5 rings (SSSR count). The van der Waals surface area contributed by atoms with E-state index in [1.54, 1.807) is 12.1 Å². The van der Waals surface area contributed by atoms with Crippen molar-refractivity contribution in [3.63, 3.8) is 0 Å². The van der Waals surface area contributed by atoms with Crippen molar-refractivity contribution in [1.82, 2.24) is 9.88 Å². The second kappa shape index (κ2) is 9.89. The summed E-state index contributed by atoms with van der Waals surface area (Å²) in [5, 5.41) is 2.79. The molecule has 1 saturated heterocycles. The maximum Gasteiger partial charge on any atom is 0.310 e. The van der Waals surface area contributed by atoms with E-state index >= 15 is 0 Å². The second-order valence-corrected chi connectivity index (χ2v) is 9.43. The average Bonchev–Trinajstić information content (AvgIpc) is 2.86. The highest BCUT2D eigenvalue weighted by Gasteiger charge is 2.45. The summed E-state index contributed by atoms with van der Waals surface area (Å²) < 4.78 is 33.9. The Morgan fingerprint density at radius 1 is 0.971 bits per heavy atom. The fourth-order valence-corrected chi connectivity index (χ4v) is 5.04. The Morgan fingerprint density at radius 2 is 1.80 bits per heavy atom. The van der Waals surface area contributed by atoms with Crippen LogP contribution in [-0.4, -0.2) is 66.8 Å². The topological polar surface area (TPSA) is 74.8 Å². The van der Waals surface area contributed by atoms with Crippen LogP contribution >= 0.6 is 0 Å². The number of ether oxygens (including phenoxy) is 1. The van der Waals surface area contributed by atoms with Crippen molar-refractivity contribution in [3.05, 3.63) is 47.0 Å². The highest BCUT2D eigenvalue weighted by atomic mass is 19.3. The van der Waals surface area contributed by atoms with Gasteiger partial charge in [0.2, 0.25) is 17.6 Å². The van der Waals surface area contributed by atoms with Gasteiger partial charge in [-0.25, -0.2) is 0 Å². The molecule has 1 aromatic carbocycles. The molecule has 0 saturated carbocycles. The number of ketones is 1. The quantitative estimate of drug-likeness (QED) is 0.604. The van der Waals surface area contributed by atoms with Crippen molar-refractivity contribution < 1.29 is 23.1 Å². The zero-order chi connectivity index (χ0) is 24.4. The van der Waals surface area contributed by atoms with Gasteiger partial charge in [0.1, 0.15) is 5.82 Å². The molecule has 0 bridgehead atoms. The molecular formula is C26H30F2N4O3. The van der Waals surface area contributed by atoms with E-state index in [9.17, 15) is 18.4 Å². The fourth-order valence-electron chi connectivity index (χ4n) is 5.04. The van der Waals surface area contributed by atoms with Gasteiger partial charge < -0.3 is 15.0 Å². The Kier molecular flexibility index (Phi) is 6.69. The number of unbranched alkanes of at least 4 members (excludes halogenated alkanes) is 1. The number of halogens is 2. The molecule has 1 amide bonds. The number of hydrogen-bond acceptors (Lipinski definition) is 6. The maximum atomic E-state index is 14.1. The van der Waals surface area contributed by atoms with Gasteiger partial charge in [0.25, 0.3) is 0 Å². The number of aryl methyl sites for hydroxylation is 2. The number of benzene rings is 1. The van der Waals surface area contributed by atoms with E-state index in [1.807, 2.05) is 18.2 Å². The molecule has 186 valence electrons. The number of Topliss-reactive ketones (excluding diaryl/α,β-unsaturated/α-hetero) is 1. The number of alkyl halides is 2. The smallest absolute Gasteiger partial charge is 0.310 e. The predicted octanol–water partition coefficient (Wildman–Crippen LogP) is 3.71. The zero-order valence-corrected chi connectivity index (χ0v) is 19.7. The van der Waals surface area contributed by atoms with Crippen LogP contribution in [0, 0.1) is 0 Å². The SMILES string of the molecule is O=C1CCc2ccc(OCCCCN3CCN(c4cccc5c4C(=O)C(F)(F)CC5)CC3)nc2N1. The summed E-state index contributed by atoms with van der Waals surface area (Å²) in [6.07, 6.45) is 2.87. The number of carbonyl (C=O) groups is 2. The van der Waals surface area contributed by atoms with Crippen molar-refractivity contribution in [2.24, 2.45) is 0 Å². The number of nitrogens with zero attached hydrogens (tertiary/aromatic N) is 3. The molecule has 35 heavy (non-hydrogen) atoms. The molecule has 1 aliphatic carbocycles. The first kappa shape index (κ1) is 23.7. The lowest BCUT2D eigenvalue weighted by Gasteiger charge is -2.38. The van der Waals surface area contributed by atoms with Gasteiger partial charge in [-0.1, -0.05) is 12.1 Å². The molecule has 7 nitrogen and oxygen atoms in total. The van der Waals surface area contributed by atoms with Gasteiger partial charge in [0.05, 0.1) is 12.2 Å². The van der Waals surface area contributed by atoms with Crippen LogP contribution in [0.2, 0.25) is 0 Å². The Bertz CT molecular complexity index is 1120. The van der Waals surface area contributed by atoms with Gasteiger partial charge in [-0.05, 0) is 55.5 Å². The van der Waals surface area contributed by atoms with Gasteiger partial charge in [-0.15, -0.1) is 0 Å². The number of piperazine rings is 1. The number of hydrogen-bond donors (Lipinski definition) is 1. The number of pyridine rings is 1. The first-order valence-corrected chi connectivity index (χ1v) is 12.3. The third-order valence-electron chi connectivity index (χ3n) is 7.06. The monoisotopic (exact) mass is 484 g/mol. The van der Waals surface area contributed by atoms with Crippen LogP contribution in [-0.2, 0) is 17.6 Å². The second-order valence-electron chi connectivity index (χ2n) is 9.43. The normalized spacial score (nSPS) is 19.7. The van der Waals surface area contributed by atoms with Gasteiger partial charge in [-0.3, -0.25) is 14.5 Å². The lowest BCUT2D eigenvalue weighted by Crippen LogP contribution is -2.47. The third-order valence-corrected chi connectivity index (χ3v) is 7.06. The standard InChI is InChI=1S/C26H30F2N4O3/c27-26(28)11-10-18-4-3-5-20(23(18)24(26)34)32-15-13-31(14-16-32)12-1-2-17-35-22-9-7-19-6-8-21(33)29-25(19)30-22/h3-5,7,9H,1-2,6,8,10-17H2,(H,29,30,33). The molecule has 0 radical (unpaired) electrons. The van der Waals surface area contributed by atoms with Gasteiger partial charge >= 0.3 is 5.92 Å².